The molecule has 2 aromatic carbocycles. The van der Waals surface area contributed by atoms with Crippen LogP contribution < -0.4 is 5.32 Å². The monoisotopic (exact) mass is 456 g/mol. The summed E-state index contributed by atoms with van der Waals surface area (Å²) in [5.74, 6) is -0.155. The lowest BCUT2D eigenvalue weighted by atomic mass is 9.93. The second kappa shape index (κ2) is 9.73. The summed E-state index contributed by atoms with van der Waals surface area (Å²) < 4.78 is 28.4. The van der Waals surface area contributed by atoms with E-state index in [0.717, 1.165) is 36.8 Å². The van der Waals surface area contributed by atoms with Gasteiger partial charge in [-0.1, -0.05) is 42.5 Å². The molecule has 1 saturated heterocycles. The Hall–Kier alpha value is -2.22. The van der Waals surface area contributed by atoms with Crippen molar-refractivity contribution < 1.29 is 18.3 Å². The van der Waals surface area contributed by atoms with Gasteiger partial charge < -0.3 is 10.4 Å². The van der Waals surface area contributed by atoms with Gasteiger partial charge in [-0.2, -0.15) is 4.31 Å². The number of hydrogen-bond acceptors (Lipinski definition) is 4. The van der Waals surface area contributed by atoms with Crippen molar-refractivity contribution in [3.8, 4) is 0 Å². The summed E-state index contributed by atoms with van der Waals surface area (Å²) in [7, 11) is -3.49. The molecular weight excluding hydrogens is 424 g/mol. The molecule has 4 unspecified atom stereocenters. The van der Waals surface area contributed by atoms with Crippen molar-refractivity contribution in [3.05, 3.63) is 71.3 Å². The third-order valence-electron chi connectivity index (χ3n) is 6.77. The molecule has 1 aliphatic carbocycles. The number of sulfonamides is 1. The molecule has 32 heavy (non-hydrogen) atoms. The maximum Gasteiger partial charge on any atom is 0.251 e. The average Bonchev–Trinajstić information content (AvgIpc) is 2.79. The highest BCUT2D eigenvalue weighted by molar-refractivity contribution is 7.89. The molecular formula is C25H32N2O4S. The molecule has 0 radical (unpaired) electrons. The molecule has 6 nitrogen and oxygen atoms in total. The lowest BCUT2D eigenvalue weighted by Crippen LogP contribution is -2.41. The fourth-order valence-electron chi connectivity index (χ4n) is 4.94. The summed E-state index contributed by atoms with van der Waals surface area (Å²) in [5, 5.41) is 12.3. The molecule has 1 heterocycles. The van der Waals surface area contributed by atoms with Crippen molar-refractivity contribution in [2.75, 3.05) is 6.54 Å². The Labute approximate surface area is 190 Å². The topological polar surface area (TPSA) is 86.7 Å². The maximum atomic E-state index is 13.4. The standard InChI is InChI=1S/C25H32N2O4S/c1-18(27-16-6-11-24(32(27,30)31)20-7-3-2-4-8-20)19-12-14-21(15-13-19)25(29)26-22-9-5-10-23(28)17-22/h2-4,7-8,12-15,18,22-24,28H,5-6,9-11,16-17H2,1H3,(H,26,29). The number of rotatable bonds is 5. The van der Waals surface area contributed by atoms with Gasteiger partial charge >= 0.3 is 0 Å². The lowest BCUT2D eigenvalue weighted by molar-refractivity contribution is 0.0849. The number of aliphatic hydroxyl groups excluding tert-OH is 1. The molecule has 172 valence electrons. The van der Waals surface area contributed by atoms with Gasteiger partial charge in [-0.25, -0.2) is 8.42 Å². The SMILES string of the molecule is CC(c1ccc(C(=O)NC2CCCC(O)C2)cc1)N1CCCC(c2ccccc2)S1(=O)=O. The number of carbonyl (C=O) groups is 1. The van der Waals surface area contributed by atoms with E-state index in [0.29, 0.717) is 24.9 Å². The number of aliphatic hydroxyl groups is 1. The van der Waals surface area contributed by atoms with Gasteiger partial charge in [-0.3, -0.25) is 4.79 Å². The Balaban J connectivity index is 1.46. The number of nitrogens with one attached hydrogen (secondary N) is 1. The first kappa shape index (κ1) is 23.0. The number of carbonyl (C=O) groups excluding carboxylic acids is 1. The van der Waals surface area contributed by atoms with E-state index in [1.54, 1.807) is 16.4 Å². The molecule has 7 heteroatoms. The third-order valence-corrected chi connectivity index (χ3v) is 9.15. The normalized spacial score (nSPS) is 26.9. The first-order chi connectivity index (χ1) is 15.4. The first-order valence-corrected chi connectivity index (χ1v) is 13.0. The van der Waals surface area contributed by atoms with Crippen molar-refractivity contribution in [1.82, 2.24) is 9.62 Å². The van der Waals surface area contributed by atoms with Crippen LogP contribution in [0.3, 0.4) is 0 Å². The zero-order chi connectivity index (χ0) is 22.7. The largest absolute Gasteiger partial charge is 0.393 e. The summed E-state index contributed by atoms with van der Waals surface area (Å²) in [6.07, 6.45) is 4.29. The Morgan fingerprint density at radius 3 is 2.44 bits per heavy atom. The van der Waals surface area contributed by atoms with E-state index in [4.69, 9.17) is 0 Å². The zero-order valence-corrected chi connectivity index (χ0v) is 19.3. The fraction of sp³-hybridized carbons (Fsp3) is 0.480. The van der Waals surface area contributed by atoms with Gasteiger partial charge in [0, 0.05) is 24.2 Å². The molecule has 2 aromatic rings. The summed E-state index contributed by atoms with van der Waals surface area (Å²) in [5.41, 5.74) is 2.25. The number of benzene rings is 2. The minimum Gasteiger partial charge on any atom is -0.393 e. The van der Waals surface area contributed by atoms with Crippen LogP contribution in [0.5, 0.6) is 0 Å². The van der Waals surface area contributed by atoms with Crippen LogP contribution in [0, 0.1) is 0 Å². The molecule has 1 aliphatic heterocycles. The zero-order valence-electron chi connectivity index (χ0n) is 18.5. The van der Waals surface area contributed by atoms with Crippen molar-refractivity contribution >= 4 is 15.9 Å². The molecule has 0 spiro atoms. The van der Waals surface area contributed by atoms with Crippen LogP contribution in [0.1, 0.15) is 78.2 Å². The molecule has 2 N–H and O–H groups in total. The Kier molecular flexibility index (Phi) is 6.98. The number of amides is 1. The summed E-state index contributed by atoms with van der Waals surface area (Å²) in [6.45, 7) is 2.41. The summed E-state index contributed by atoms with van der Waals surface area (Å²) >= 11 is 0. The van der Waals surface area contributed by atoms with Crippen LogP contribution in [0.2, 0.25) is 0 Å². The van der Waals surface area contributed by atoms with Crippen LogP contribution in [0.15, 0.2) is 54.6 Å². The molecule has 2 aliphatic rings. The van der Waals surface area contributed by atoms with E-state index in [2.05, 4.69) is 5.32 Å². The van der Waals surface area contributed by atoms with E-state index in [1.807, 2.05) is 49.4 Å². The van der Waals surface area contributed by atoms with Crippen LogP contribution in [0.25, 0.3) is 0 Å². The van der Waals surface area contributed by atoms with Gasteiger partial charge in [-0.05, 0) is 68.7 Å². The Bertz CT molecular complexity index is 1020. The van der Waals surface area contributed by atoms with Gasteiger partial charge in [-0.15, -0.1) is 0 Å². The van der Waals surface area contributed by atoms with E-state index in [9.17, 15) is 18.3 Å². The van der Waals surface area contributed by atoms with Crippen LogP contribution in [-0.4, -0.2) is 42.4 Å². The minimum atomic E-state index is -3.49. The molecule has 1 saturated carbocycles. The number of nitrogens with zero attached hydrogens (tertiary/aromatic N) is 1. The highest BCUT2D eigenvalue weighted by Crippen LogP contribution is 2.38. The lowest BCUT2D eigenvalue weighted by Gasteiger charge is -2.36. The van der Waals surface area contributed by atoms with E-state index < -0.39 is 15.3 Å². The summed E-state index contributed by atoms with van der Waals surface area (Å²) in [4.78, 5) is 12.6. The highest BCUT2D eigenvalue weighted by Gasteiger charge is 2.39. The van der Waals surface area contributed by atoms with Gasteiger partial charge in [0.2, 0.25) is 10.0 Å². The smallest absolute Gasteiger partial charge is 0.251 e. The first-order valence-electron chi connectivity index (χ1n) is 11.5. The summed E-state index contributed by atoms with van der Waals surface area (Å²) in [6, 6.07) is 16.3. The van der Waals surface area contributed by atoms with Gasteiger partial charge in [0.05, 0.1) is 6.10 Å². The van der Waals surface area contributed by atoms with Gasteiger partial charge in [0.25, 0.3) is 5.91 Å². The highest BCUT2D eigenvalue weighted by atomic mass is 32.2. The van der Waals surface area contributed by atoms with Gasteiger partial charge in [0.1, 0.15) is 5.25 Å². The molecule has 4 rings (SSSR count). The Morgan fingerprint density at radius 2 is 1.75 bits per heavy atom. The number of hydrogen-bond donors (Lipinski definition) is 2. The second-order valence-electron chi connectivity index (χ2n) is 8.99. The van der Waals surface area contributed by atoms with Crippen molar-refractivity contribution in [1.29, 1.82) is 0 Å². The minimum absolute atomic E-state index is 0.00161. The Morgan fingerprint density at radius 1 is 1.03 bits per heavy atom. The van der Waals surface area contributed by atoms with Crippen molar-refractivity contribution in [2.24, 2.45) is 0 Å². The van der Waals surface area contributed by atoms with Gasteiger partial charge in [0.15, 0.2) is 0 Å². The van der Waals surface area contributed by atoms with E-state index in [-0.39, 0.29) is 24.1 Å². The van der Waals surface area contributed by atoms with E-state index in [1.165, 1.54) is 0 Å². The average molecular weight is 457 g/mol. The van der Waals surface area contributed by atoms with Crippen molar-refractivity contribution in [2.45, 2.75) is 68.9 Å². The maximum absolute atomic E-state index is 13.4. The fourth-order valence-corrected chi connectivity index (χ4v) is 7.17. The molecule has 4 atom stereocenters. The van der Waals surface area contributed by atoms with Crippen molar-refractivity contribution in [3.63, 3.8) is 0 Å². The molecule has 1 amide bonds. The van der Waals surface area contributed by atoms with Crippen LogP contribution >= 0.6 is 0 Å². The predicted molar refractivity (Wildman–Crippen MR) is 125 cm³/mol. The quantitative estimate of drug-likeness (QED) is 0.713. The molecule has 2 fully saturated rings. The molecule has 0 aromatic heterocycles. The second-order valence-corrected chi connectivity index (χ2v) is 11.1. The van der Waals surface area contributed by atoms with Crippen LogP contribution in [0.4, 0.5) is 0 Å². The predicted octanol–water partition coefficient (Wildman–Crippen LogP) is 3.95. The molecule has 0 bridgehead atoms. The van der Waals surface area contributed by atoms with Crippen LogP contribution in [-0.2, 0) is 10.0 Å². The third kappa shape index (κ3) is 4.90. The van der Waals surface area contributed by atoms with E-state index >= 15 is 0 Å².